The fourth-order valence-corrected chi connectivity index (χ4v) is 4.96. The summed E-state index contributed by atoms with van der Waals surface area (Å²) in [5.41, 5.74) is 5.35. The first-order valence-corrected chi connectivity index (χ1v) is 12.4. The van der Waals surface area contributed by atoms with E-state index in [1.165, 1.54) is 16.3 Å². The number of hydrogen-bond donors (Lipinski definition) is 4. The van der Waals surface area contributed by atoms with Crippen LogP contribution < -0.4 is 15.7 Å². The number of aromatic nitrogens is 1. The number of nitrogens with zero attached hydrogens (tertiary/aromatic N) is 3. The number of Topliss-reactive ketones (excluding diaryl/α,β-unsaturated/α-hetero) is 1. The van der Waals surface area contributed by atoms with Crippen LogP contribution in [-0.4, -0.2) is 81.3 Å². The van der Waals surface area contributed by atoms with Crippen molar-refractivity contribution >= 4 is 53.2 Å². The van der Waals surface area contributed by atoms with Gasteiger partial charge in [-0.05, 0) is 25.0 Å². The molecule has 2 aliphatic heterocycles. The zero-order chi connectivity index (χ0) is 27.7. The molecular weight excluding hydrogens is 524 g/mol. The van der Waals surface area contributed by atoms with Crippen LogP contribution in [0.1, 0.15) is 41.0 Å². The first kappa shape index (κ1) is 27.0. The number of carbonyl (C=O) groups is 5. The maximum atomic E-state index is 14.0. The van der Waals surface area contributed by atoms with Gasteiger partial charge in [-0.15, -0.1) is 11.3 Å². The summed E-state index contributed by atoms with van der Waals surface area (Å²) in [7, 11) is -1.65. The minimum Gasteiger partial charge on any atom is -0.535 e. The van der Waals surface area contributed by atoms with Crippen LogP contribution in [0.25, 0.3) is 0 Å². The number of halogens is 1. The van der Waals surface area contributed by atoms with Crippen molar-refractivity contribution in [3.63, 3.8) is 0 Å². The molecule has 0 aliphatic carbocycles. The topological polar surface area (TPSA) is 192 Å². The van der Waals surface area contributed by atoms with E-state index >= 15 is 0 Å². The highest BCUT2D eigenvalue weighted by Gasteiger charge is 2.42. The van der Waals surface area contributed by atoms with Crippen molar-refractivity contribution in [2.45, 2.75) is 31.6 Å². The SMILES string of the molecule is CCN1CCN(C(=O)NC(C(=O)C[C@H]2Cc3ccc(F)c(C(=O)O)c3OB2O)c2csc(N)n2)C(=O)C1=O. The number of nitrogen functional groups attached to an aromatic ring is 1. The van der Waals surface area contributed by atoms with Crippen molar-refractivity contribution in [1.82, 2.24) is 20.1 Å². The molecule has 1 unspecified atom stereocenters. The summed E-state index contributed by atoms with van der Waals surface area (Å²) in [6, 6.07) is -0.0878. The largest absolute Gasteiger partial charge is 0.535 e. The Hall–Kier alpha value is -4.05. The van der Waals surface area contributed by atoms with Gasteiger partial charge in [0.25, 0.3) is 0 Å². The minimum atomic E-state index is -1.65. The molecule has 16 heteroatoms. The summed E-state index contributed by atoms with van der Waals surface area (Å²) in [5.74, 6) is -6.30. The molecule has 1 aromatic heterocycles. The molecule has 0 spiro atoms. The molecule has 3 heterocycles. The van der Waals surface area contributed by atoms with Gasteiger partial charge in [0.15, 0.2) is 10.9 Å². The Morgan fingerprint density at radius 3 is 2.68 bits per heavy atom. The predicted molar refractivity (Wildman–Crippen MR) is 131 cm³/mol. The molecule has 4 rings (SSSR count). The standard InChI is InChI=1S/C22H23BFN5O8S/c1-2-28-5-6-29(19(32)18(28)31)22(35)27-16(13-9-38-21(25)26-13)14(30)8-11-7-10-3-4-12(24)15(20(33)34)17(10)37-23(11)36/h3-4,9,11,16,36H,2,5-8H2,1H3,(H2,25,26)(H,27,35)(H,33,34)/t11-,16?/m1/s1. The number of carboxylic acid groups (broad SMARTS) is 1. The number of carboxylic acids is 1. The monoisotopic (exact) mass is 547 g/mol. The van der Waals surface area contributed by atoms with Crippen LogP contribution in [0.4, 0.5) is 14.3 Å². The van der Waals surface area contributed by atoms with Gasteiger partial charge < -0.3 is 30.7 Å². The molecule has 4 amide bonds. The number of hydrogen-bond acceptors (Lipinski definition) is 10. The van der Waals surface area contributed by atoms with Crippen molar-refractivity contribution in [3.8, 4) is 5.75 Å². The van der Waals surface area contributed by atoms with Gasteiger partial charge in [-0.3, -0.25) is 19.3 Å². The Morgan fingerprint density at radius 2 is 2.05 bits per heavy atom. The number of amides is 4. The first-order chi connectivity index (χ1) is 18.0. The lowest BCUT2D eigenvalue weighted by Gasteiger charge is -2.33. The third-order valence-electron chi connectivity index (χ3n) is 6.35. The van der Waals surface area contributed by atoms with Gasteiger partial charge in [0.1, 0.15) is 23.2 Å². The number of aromatic carboxylic acids is 1. The highest BCUT2D eigenvalue weighted by molar-refractivity contribution is 7.13. The summed E-state index contributed by atoms with van der Waals surface area (Å²) in [4.78, 5) is 68.5. The molecule has 1 saturated heterocycles. The smallest absolute Gasteiger partial charge is 0.526 e. The van der Waals surface area contributed by atoms with E-state index in [-0.39, 0.29) is 48.1 Å². The van der Waals surface area contributed by atoms with Crippen LogP contribution in [0.2, 0.25) is 5.82 Å². The van der Waals surface area contributed by atoms with E-state index in [9.17, 15) is 38.5 Å². The third kappa shape index (κ3) is 5.17. The van der Waals surface area contributed by atoms with Gasteiger partial charge in [0.05, 0.1) is 5.69 Å². The number of carbonyl (C=O) groups excluding carboxylic acids is 4. The maximum Gasteiger partial charge on any atom is 0.526 e. The average molecular weight is 547 g/mol. The summed E-state index contributed by atoms with van der Waals surface area (Å²) in [6.07, 6.45) is -0.381. The normalized spacial score (nSPS) is 18.1. The molecule has 2 aromatic rings. The number of imide groups is 1. The van der Waals surface area contributed by atoms with Crippen LogP contribution in [0.5, 0.6) is 5.75 Å². The van der Waals surface area contributed by atoms with E-state index in [1.807, 2.05) is 0 Å². The van der Waals surface area contributed by atoms with Crippen LogP contribution in [0, 0.1) is 5.82 Å². The van der Waals surface area contributed by atoms with E-state index in [0.717, 1.165) is 17.4 Å². The number of urea groups is 1. The molecule has 1 fully saturated rings. The second kappa shape index (κ2) is 10.7. The number of anilines is 1. The van der Waals surface area contributed by atoms with Crippen molar-refractivity contribution in [3.05, 3.63) is 40.2 Å². The fraction of sp³-hybridized carbons (Fsp3) is 0.364. The molecule has 0 bridgehead atoms. The number of nitrogens with two attached hydrogens (primary N) is 1. The second-order valence-corrected chi connectivity index (χ2v) is 9.58. The molecule has 13 nitrogen and oxygen atoms in total. The fourth-order valence-electron chi connectivity index (χ4n) is 4.37. The van der Waals surface area contributed by atoms with Gasteiger partial charge in [-0.2, -0.15) is 0 Å². The minimum absolute atomic E-state index is 0.0192. The van der Waals surface area contributed by atoms with Gasteiger partial charge in [-0.25, -0.2) is 19.0 Å². The Bertz CT molecular complexity index is 1320. The van der Waals surface area contributed by atoms with Crippen molar-refractivity contribution in [1.29, 1.82) is 0 Å². The summed E-state index contributed by atoms with van der Waals surface area (Å²) >= 11 is 1.02. The highest BCUT2D eigenvalue weighted by Crippen LogP contribution is 2.38. The molecule has 2 aliphatic rings. The Balaban J connectivity index is 1.54. The number of thiazole rings is 1. The van der Waals surface area contributed by atoms with Gasteiger partial charge >= 0.3 is 30.9 Å². The van der Waals surface area contributed by atoms with E-state index in [4.69, 9.17) is 10.4 Å². The molecule has 38 heavy (non-hydrogen) atoms. The molecule has 200 valence electrons. The number of likely N-dealkylation sites (N-methyl/N-ethyl adjacent to an activating group) is 1. The lowest BCUT2D eigenvalue weighted by molar-refractivity contribution is -0.153. The number of fused-ring (bicyclic) bond motifs is 1. The number of piperazine rings is 1. The van der Waals surface area contributed by atoms with Gasteiger partial charge in [0, 0.05) is 37.3 Å². The summed E-state index contributed by atoms with van der Waals surface area (Å²) in [5, 5.41) is 23.8. The molecule has 1 aromatic carbocycles. The van der Waals surface area contributed by atoms with Crippen LogP contribution in [0.15, 0.2) is 17.5 Å². The quantitative estimate of drug-likeness (QED) is 0.279. The number of nitrogens with one attached hydrogen (secondary N) is 1. The molecular formula is C22H23BFN5O8S. The van der Waals surface area contributed by atoms with E-state index in [1.54, 1.807) is 6.92 Å². The third-order valence-corrected chi connectivity index (χ3v) is 7.04. The lowest BCUT2D eigenvalue weighted by atomic mass is 9.64. The number of benzene rings is 1. The average Bonchev–Trinajstić information content (AvgIpc) is 3.30. The Labute approximate surface area is 219 Å². The van der Waals surface area contributed by atoms with Crippen molar-refractivity contribution in [2.75, 3.05) is 25.4 Å². The summed E-state index contributed by atoms with van der Waals surface area (Å²) in [6.45, 7) is 2.07. The van der Waals surface area contributed by atoms with E-state index in [2.05, 4.69) is 10.3 Å². The van der Waals surface area contributed by atoms with Gasteiger partial charge in [-0.1, -0.05) is 6.07 Å². The molecule has 2 atom stereocenters. The number of ketones is 1. The highest BCUT2D eigenvalue weighted by atomic mass is 32.1. The molecule has 5 N–H and O–H groups in total. The van der Waals surface area contributed by atoms with Crippen LogP contribution >= 0.6 is 11.3 Å². The second-order valence-electron chi connectivity index (χ2n) is 8.69. The predicted octanol–water partition coefficient (Wildman–Crippen LogP) is 0.449. The Morgan fingerprint density at radius 1 is 1.32 bits per heavy atom. The van der Waals surface area contributed by atoms with Crippen LogP contribution in [0.3, 0.4) is 0 Å². The zero-order valence-electron chi connectivity index (χ0n) is 20.0. The zero-order valence-corrected chi connectivity index (χ0v) is 20.9. The lowest BCUT2D eigenvalue weighted by Crippen LogP contribution is -2.58. The molecule has 0 radical (unpaired) electrons. The maximum absolute atomic E-state index is 14.0. The van der Waals surface area contributed by atoms with Crippen molar-refractivity contribution in [2.24, 2.45) is 0 Å². The van der Waals surface area contributed by atoms with E-state index in [0.29, 0.717) is 11.4 Å². The van der Waals surface area contributed by atoms with Crippen LogP contribution in [-0.2, 0) is 20.8 Å². The van der Waals surface area contributed by atoms with Gasteiger partial charge in [0.2, 0.25) is 0 Å². The summed E-state index contributed by atoms with van der Waals surface area (Å²) < 4.78 is 19.3. The first-order valence-electron chi connectivity index (χ1n) is 11.6. The van der Waals surface area contributed by atoms with E-state index < -0.39 is 60.0 Å². The molecule has 0 saturated carbocycles. The Kier molecular flexibility index (Phi) is 7.64. The number of rotatable bonds is 7. The van der Waals surface area contributed by atoms with Crippen molar-refractivity contribution < 1.29 is 43.1 Å².